The Bertz CT molecular complexity index is 5120. The molecular weight excluding hydrogens is 1150 g/mol. The molecule has 3 aliphatic rings. The summed E-state index contributed by atoms with van der Waals surface area (Å²) in [6.07, 6.45) is 9.21. The van der Waals surface area contributed by atoms with E-state index in [1.165, 1.54) is 133 Å². The molecule has 0 amide bonds. The van der Waals surface area contributed by atoms with E-state index in [2.05, 4.69) is 379 Å². The number of nitrogens with zero attached hydrogens (tertiary/aromatic N) is 2. The van der Waals surface area contributed by atoms with E-state index in [0.29, 0.717) is 0 Å². The Morgan fingerprint density at radius 1 is 0.221 bits per heavy atom. The van der Waals surface area contributed by atoms with E-state index in [4.69, 9.17) is 0 Å². The van der Waals surface area contributed by atoms with E-state index < -0.39 is 0 Å². The van der Waals surface area contributed by atoms with Crippen LogP contribution in [0.4, 0.5) is 34.1 Å². The van der Waals surface area contributed by atoms with Crippen molar-refractivity contribution in [2.75, 3.05) is 9.80 Å². The smallest absolute Gasteiger partial charge is 0.0540 e. The van der Waals surface area contributed by atoms with E-state index >= 15 is 0 Å². The van der Waals surface area contributed by atoms with Crippen molar-refractivity contribution in [2.24, 2.45) is 0 Å². The highest BCUT2D eigenvalue weighted by molar-refractivity contribution is 6.02. The first-order chi connectivity index (χ1) is 46.3. The molecule has 2 nitrogen and oxygen atoms in total. The van der Waals surface area contributed by atoms with Gasteiger partial charge in [-0.3, -0.25) is 0 Å². The normalized spacial score (nSPS) is 14.2. The van der Waals surface area contributed by atoms with E-state index in [0.717, 1.165) is 34.1 Å². The second-order valence-electron chi connectivity index (χ2n) is 27.7. The Morgan fingerprint density at radius 2 is 0.495 bits per heavy atom. The molecule has 0 saturated heterocycles. The Hall–Kier alpha value is -11.3. The van der Waals surface area contributed by atoms with Crippen molar-refractivity contribution in [1.82, 2.24) is 0 Å². The molecule has 0 bridgehead atoms. The molecule has 0 atom stereocenters. The van der Waals surface area contributed by atoms with E-state index in [1.807, 2.05) is 0 Å². The van der Waals surface area contributed by atoms with Crippen molar-refractivity contribution in [3.63, 3.8) is 0 Å². The minimum atomic E-state index is -0.227. The first kappa shape index (κ1) is 57.6. The number of anilines is 6. The number of rotatable bonds is 12. The summed E-state index contributed by atoms with van der Waals surface area (Å²) in [6, 6.07) is 113. The number of hydrogen-bond acceptors (Lipinski definition) is 2. The minimum Gasteiger partial charge on any atom is -0.310 e. The van der Waals surface area contributed by atoms with Crippen molar-refractivity contribution in [3.8, 4) is 55.6 Å². The lowest BCUT2D eigenvalue weighted by Gasteiger charge is -2.29. The summed E-state index contributed by atoms with van der Waals surface area (Å²) in [6.45, 7) is 14.4. The van der Waals surface area contributed by atoms with Crippen molar-refractivity contribution in [1.29, 1.82) is 0 Å². The summed E-state index contributed by atoms with van der Waals surface area (Å²) in [5, 5.41) is 4.88. The molecule has 14 aromatic rings. The van der Waals surface area contributed by atoms with Gasteiger partial charge in [0.2, 0.25) is 0 Å². The third kappa shape index (κ3) is 9.77. The van der Waals surface area contributed by atoms with Gasteiger partial charge in [0.25, 0.3) is 0 Å². The fourth-order valence-corrected chi connectivity index (χ4v) is 15.9. The largest absolute Gasteiger partial charge is 0.310 e. The highest BCUT2D eigenvalue weighted by Gasteiger charge is 2.39. The maximum atomic E-state index is 2.45. The summed E-state index contributed by atoms with van der Waals surface area (Å²) in [5.41, 5.74) is 31.8. The summed E-state index contributed by atoms with van der Waals surface area (Å²) in [4.78, 5) is 4.90. The Balaban J connectivity index is 0.621. The fourth-order valence-electron chi connectivity index (χ4n) is 15.9. The molecule has 3 aliphatic carbocycles. The van der Waals surface area contributed by atoms with Crippen molar-refractivity contribution < 1.29 is 0 Å². The van der Waals surface area contributed by atoms with Gasteiger partial charge in [-0.2, -0.15) is 0 Å². The Labute approximate surface area is 558 Å². The van der Waals surface area contributed by atoms with Gasteiger partial charge in [0.15, 0.2) is 0 Å². The summed E-state index contributed by atoms with van der Waals surface area (Å²) in [5.74, 6) is 0. The van der Waals surface area contributed by atoms with Gasteiger partial charge in [-0.05, 0) is 183 Å². The lowest BCUT2D eigenvalue weighted by molar-refractivity contribution is 0.660. The number of hydrogen-bond donors (Lipinski definition) is 0. The number of benzene rings is 14. The van der Waals surface area contributed by atoms with Crippen LogP contribution in [0.25, 0.3) is 101 Å². The second kappa shape index (κ2) is 22.5. The predicted octanol–water partition coefficient (Wildman–Crippen LogP) is 25.5. The Morgan fingerprint density at radius 3 is 0.853 bits per heavy atom. The van der Waals surface area contributed by atoms with Gasteiger partial charge < -0.3 is 9.80 Å². The first-order valence-corrected chi connectivity index (χ1v) is 33.4. The summed E-state index contributed by atoms with van der Waals surface area (Å²) in [7, 11) is 0. The van der Waals surface area contributed by atoms with Crippen LogP contribution in [-0.4, -0.2) is 0 Å². The molecule has 0 heterocycles. The third-order valence-corrected chi connectivity index (χ3v) is 21.0. The molecule has 0 aliphatic heterocycles. The SMILES string of the molecule is CC1(C)c2cc(C=Cc3ccc4c(c3)C(C)(C)c3cc(N(c5cccc(-c6ccccc6)c5)c5cccc6ccccc56)ccc3-4)ccc2-c2ccc(C=Cc3ccc4c(c3)C(C)(C)c3cc(N(c5cccc(-c6ccccc6)c5)c5cccc6ccccc56)ccc3-4)cc21. The van der Waals surface area contributed by atoms with Gasteiger partial charge in [-0.1, -0.05) is 309 Å². The van der Waals surface area contributed by atoms with Crippen LogP contribution in [0.15, 0.2) is 303 Å². The molecule has 0 spiro atoms. The molecule has 0 radical (unpaired) electrons. The molecule has 2 heteroatoms. The predicted molar refractivity (Wildman–Crippen MR) is 405 cm³/mol. The quantitative estimate of drug-likeness (QED) is 0.113. The molecular formula is C93H72N2. The van der Waals surface area contributed by atoms with E-state index in [1.54, 1.807) is 0 Å². The van der Waals surface area contributed by atoms with Gasteiger partial charge in [-0.25, -0.2) is 0 Å². The van der Waals surface area contributed by atoms with Crippen LogP contribution in [0.1, 0.15) is 97.2 Å². The molecule has 14 aromatic carbocycles. The molecule has 95 heavy (non-hydrogen) atoms. The van der Waals surface area contributed by atoms with Crippen LogP contribution in [0, 0.1) is 0 Å². The van der Waals surface area contributed by atoms with Crippen molar-refractivity contribution >= 4 is 80.0 Å². The molecule has 0 N–H and O–H groups in total. The zero-order valence-electron chi connectivity index (χ0n) is 54.6. The summed E-state index contributed by atoms with van der Waals surface area (Å²) < 4.78 is 0. The maximum Gasteiger partial charge on any atom is 0.0540 e. The van der Waals surface area contributed by atoms with Crippen LogP contribution in [0.2, 0.25) is 0 Å². The maximum absolute atomic E-state index is 2.45. The lowest BCUT2D eigenvalue weighted by atomic mass is 9.81. The number of fused-ring (bicyclic) bond motifs is 11. The third-order valence-electron chi connectivity index (χ3n) is 21.0. The monoisotopic (exact) mass is 1220 g/mol. The Kier molecular flexibility index (Phi) is 13.6. The molecule has 0 aromatic heterocycles. The zero-order valence-corrected chi connectivity index (χ0v) is 54.6. The van der Waals surface area contributed by atoms with Crippen LogP contribution < -0.4 is 9.80 Å². The van der Waals surface area contributed by atoms with Crippen LogP contribution in [-0.2, 0) is 16.2 Å². The second-order valence-corrected chi connectivity index (χ2v) is 27.7. The van der Waals surface area contributed by atoms with E-state index in [-0.39, 0.29) is 16.2 Å². The van der Waals surface area contributed by atoms with Gasteiger partial charge in [0, 0.05) is 49.8 Å². The average Bonchev–Trinajstić information content (AvgIpc) is 1.61. The molecule has 454 valence electrons. The molecule has 0 saturated carbocycles. The molecule has 17 rings (SSSR count). The van der Waals surface area contributed by atoms with Crippen LogP contribution >= 0.6 is 0 Å². The van der Waals surface area contributed by atoms with Crippen LogP contribution in [0.3, 0.4) is 0 Å². The highest BCUT2D eigenvalue weighted by Crippen LogP contribution is 2.55. The van der Waals surface area contributed by atoms with Crippen molar-refractivity contribution in [2.45, 2.75) is 57.8 Å². The summed E-state index contributed by atoms with van der Waals surface area (Å²) >= 11 is 0. The van der Waals surface area contributed by atoms with E-state index in [9.17, 15) is 0 Å². The van der Waals surface area contributed by atoms with Gasteiger partial charge >= 0.3 is 0 Å². The highest BCUT2D eigenvalue weighted by atomic mass is 15.1. The van der Waals surface area contributed by atoms with Gasteiger partial charge in [0.1, 0.15) is 0 Å². The standard InChI is InChI=1S/C93H72N2/c1-91(2)83-53-61(37-39-63-43-49-79-81-51-45-73(59-87(81)92(3,4)85(79)55-63)94(89-35-19-27-67-25-13-15-33-75(67)89)71-31-17-29-69(57-71)65-21-9-7-10-22-65)41-47-77(83)78-48-42-62(54-84(78)91)38-40-64-44-50-80-82-52-46-74(60-88(82)93(5,6)86(80)56-64)95(90-36-20-28-68-26-14-16-34-76(68)90)72-32-18-30-70(58-72)66-23-11-8-12-24-66/h7-60H,1-6H3. The molecule has 0 unspecified atom stereocenters. The lowest BCUT2D eigenvalue weighted by Crippen LogP contribution is -2.17. The topological polar surface area (TPSA) is 6.48 Å². The average molecular weight is 1220 g/mol. The fraction of sp³-hybridized carbons (Fsp3) is 0.0968. The molecule has 0 fully saturated rings. The minimum absolute atomic E-state index is 0.176. The van der Waals surface area contributed by atoms with Crippen molar-refractivity contribution in [3.05, 3.63) is 359 Å². The van der Waals surface area contributed by atoms with Gasteiger partial charge in [-0.15, -0.1) is 0 Å². The zero-order chi connectivity index (χ0) is 64.2. The van der Waals surface area contributed by atoms with Crippen LogP contribution in [0.5, 0.6) is 0 Å². The van der Waals surface area contributed by atoms with Gasteiger partial charge in [0.05, 0.1) is 11.4 Å². The first-order valence-electron chi connectivity index (χ1n) is 33.4.